The highest BCUT2D eigenvalue weighted by Crippen LogP contribution is 2.32. The molecule has 0 bridgehead atoms. The van der Waals surface area contributed by atoms with Crippen LogP contribution in [-0.2, 0) is 0 Å². The predicted octanol–water partition coefficient (Wildman–Crippen LogP) is 3.24. The van der Waals surface area contributed by atoms with Gasteiger partial charge in [-0.3, -0.25) is 0 Å². The highest BCUT2D eigenvalue weighted by molar-refractivity contribution is 7.98. The van der Waals surface area contributed by atoms with Crippen molar-refractivity contribution in [2.24, 2.45) is 0 Å². The van der Waals surface area contributed by atoms with Gasteiger partial charge >= 0.3 is 0 Å². The van der Waals surface area contributed by atoms with Gasteiger partial charge in [0.15, 0.2) is 0 Å². The van der Waals surface area contributed by atoms with Crippen molar-refractivity contribution in [2.75, 3.05) is 17.7 Å². The lowest BCUT2D eigenvalue weighted by molar-refractivity contribution is 1.45. The van der Waals surface area contributed by atoms with E-state index in [2.05, 4.69) is 6.07 Å². The van der Waals surface area contributed by atoms with Crippen molar-refractivity contribution in [1.82, 2.24) is 0 Å². The first-order valence-electron chi connectivity index (χ1n) is 5.00. The van der Waals surface area contributed by atoms with Gasteiger partial charge in [-0.1, -0.05) is 18.2 Å². The van der Waals surface area contributed by atoms with Crippen molar-refractivity contribution in [1.29, 1.82) is 0 Å². The van der Waals surface area contributed by atoms with Crippen LogP contribution in [0.1, 0.15) is 0 Å². The molecule has 0 aliphatic carbocycles. The van der Waals surface area contributed by atoms with E-state index in [9.17, 15) is 0 Å². The largest absolute Gasteiger partial charge is 0.399 e. The van der Waals surface area contributed by atoms with Gasteiger partial charge in [0.25, 0.3) is 0 Å². The van der Waals surface area contributed by atoms with Crippen LogP contribution in [0.25, 0.3) is 11.1 Å². The fraction of sp³-hybridized carbons (Fsp3) is 0.0769. The van der Waals surface area contributed by atoms with Crippen LogP contribution < -0.4 is 11.5 Å². The van der Waals surface area contributed by atoms with Crippen LogP contribution in [0.5, 0.6) is 0 Å². The fourth-order valence-corrected chi connectivity index (χ4v) is 2.31. The summed E-state index contributed by atoms with van der Waals surface area (Å²) in [5, 5.41) is 0. The molecule has 2 aromatic carbocycles. The summed E-state index contributed by atoms with van der Waals surface area (Å²) in [6.45, 7) is 0. The lowest BCUT2D eigenvalue weighted by atomic mass is 10.0. The van der Waals surface area contributed by atoms with Gasteiger partial charge in [-0.05, 0) is 41.6 Å². The number of nitrogens with two attached hydrogens (primary N) is 2. The third-order valence-corrected chi connectivity index (χ3v) is 3.20. The molecule has 4 N–H and O–H groups in total. The van der Waals surface area contributed by atoms with Crippen LogP contribution in [0.3, 0.4) is 0 Å². The van der Waals surface area contributed by atoms with Gasteiger partial charge in [0.2, 0.25) is 0 Å². The van der Waals surface area contributed by atoms with Crippen LogP contribution >= 0.6 is 11.8 Å². The smallest absolute Gasteiger partial charge is 0.0325 e. The molecule has 82 valence electrons. The minimum absolute atomic E-state index is 0.779. The zero-order valence-corrected chi connectivity index (χ0v) is 9.92. The van der Waals surface area contributed by atoms with Gasteiger partial charge < -0.3 is 11.5 Å². The average molecular weight is 230 g/mol. The van der Waals surface area contributed by atoms with E-state index in [0.29, 0.717) is 0 Å². The maximum absolute atomic E-state index is 5.79. The van der Waals surface area contributed by atoms with E-state index in [1.807, 2.05) is 42.7 Å². The Balaban J connectivity index is 2.55. The summed E-state index contributed by atoms with van der Waals surface area (Å²) in [5.41, 5.74) is 15.4. The highest BCUT2D eigenvalue weighted by atomic mass is 32.2. The zero-order valence-electron chi connectivity index (χ0n) is 9.10. The lowest BCUT2D eigenvalue weighted by Crippen LogP contribution is -1.89. The monoisotopic (exact) mass is 230 g/mol. The highest BCUT2D eigenvalue weighted by Gasteiger charge is 2.04. The fourth-order valence-electron chi connectivity index (χ4n) is 1.65. The predicted molar refractivity (Wildman–Crippen MR) is 72.5 cm³/mol. The van der Waals surface area contributed by atoms with Crippen LogP contribution in [0, 0.1) is 0 Å². The number of hydrogen-bond donors (Lipinski definition) is 2. The van der Waals surface area contributed by atoms with E-state index >= 15 is 0 Å². The quantitative estimate of drug-likeness (QED) is 0.615. The van der Waals surface area contributed by atoms with Crippen LogP contribution in [0.15, 0.2) is 47.4 Å². The van der Waals surface area contributed by atoms with Gasteiger partial charge in [-0.25, -0.2) is 0 Å². The van der Waals surface area contributed by atoms with Crippen LogP contribution in [-0.4, -0.2) is 6.26 Å². The number of anilines is 2. The van der Waals surface area contributed by atoms with Gasteiger partial charge in [0.05, 0.1) is 0 Å². The minimum atomic E-state index is 0.779. The topological polar surface area (TPSA) is 52.0 Å². The van der Waals surface area contributed by atoms with Crippen molar-refractivity contribution >= 4 is 23.1 Å². The molecule has 0 radical (unpaired) electrons. The number of thioether (sulfide) groups is 1. The second-order valence-electron chi connectivity index (χ2n) is 3.59. The third kappa shape index (κ3) is 2.14. The molecule has 0 heterocycles. The number of rotatable bonds is 2. The molecule has 0 amide bonds. The zero-order chi connectivity index (χ0) is 11.5. The number of benzene rings is 2. The first kappa shape index (κ1) is 10.9. The Kier molecular flexibility index (Phi) is 3.06. The molecule has 0 unspecified atom stereocenters. The summed E-state index contributed by atoms with van der Waals surface area (Å²) in [6.07, 6.45) is 2.05. The summed E-state index contributed by atoms with van der Waals surface area (Å²) in [6, 6.07) is 13.8. The van der Waals surface area contributed by atoms with E-state index in [1.165, 1.54) is 10.5 Å². The molecular weight excluding hydrogens is 216 g/mol. The van der Waals surface area contributed by atoms with E-state index in [0.717, 1.165) is 16.9 Å². The van der Waals surface area contributed by atoms with E-state index in [1.54, 1.807) is 11.8 Å². The normalized spacial score (nSPS) is 10.3. The minimum Gasteiger partial charge on any atom is -0.399 e. The Bertz CT molecular complexity index is 509. The Hall–Kier alpha value is -1.61. The van der Waals surface area contributed by atoms with Crippen LogP contribution in [0.2, 0.25) is 0 Å². The molecule has 16 heavy (non-hydrogen) atoms. The molecule has 0 aliphatic rings. The number of nitrogen functional groups attached to an aromatic ring is 2. The van der Waals surface area contributed by atoms with E-state index in [4.69, 9.17) is 11.5 Å². The average Bonchev–Trinajstić information content (AvgIpc) is 2.28. The Morgan fingerprint density at radius 3 is 2.38 bits per heavy atom. The molecule has 0 spiro atoms. The van der Waals surface area contributed by atoms with Crippen molar-refractivity contribution < 1.29 is 0 Å². The Labute approximate surface area is 99.7 Å². The summed E-state index contributed by atoms with van der Waals surface area (Å²) in [7, 11) is 0. The SMILES string of the molecule is CSc1cc(N)ccc1-c1cccc(N)c1. The maximum Gasteiger partial charge on any atom is 0.0325 e. The molecule has 3 heteroatoms. The maximum atomic E-state index is 5.79. The van der Waals surface area contributed by atoms with Gasteiger partial charge in [-0.2, -0.15) is 0 Å². The third-order valence-electron chi connectivity index (χ3n) is 2.42. The van der Waals surface area contributed by atoms with Gasteiger partial charge in [0, 0.05) is 16.3 Å². The van der Waals surface area contributed by atoms with Gasteiger partial charge in [-0.15, -0.1) is 11.8 Å². The molecule has 0 aromatic heterocycles. The van der Waals surface area contributed by atoms with Crippen molar-refractivity contribution in [3.63, 3.8) is 0 Å². The molecule has 2 nitrogen and oxygen atoms in total. The Morgan fingerprint density at radius 2 is 1.69 bits per heavy atom. The Morgan fingerprint density at radius 1 is 0.938 bits per heavy atom. The van der Waals surface area contributed by atoms with Crippen molar-refractivity contribution in [3.05, 3.63) is 42.5 Å². The molecule has 0 saturated carbocycles. The molecule has 2 rings (SSSR count). The van der Waals surface area contributed by atoms with Crippen molar-refractivity contribution in [2.45, 2.75) is 4.90 Å². The summed E-state index contributed by atoms with van der Waals surface area (Å²) in [5.74, 6) is 0. The second-order valence-corrected chi connectivity index (χ2v) is 4.43. The summed E-state index contributed by atoms with van der Waals surface area (Å²) in [4.78, 5) is 1.17. The first-order chi connectivity index (χ1) is 7.70. The van der Waals surface area contributed by atoms with E-state index in [-0.39, 0.29) is 0 Å². The summed E-state index contributed by atoms with van der Waals surface area (Å²) < 4.78 is 0. The molecule has 2 aromatic rings. The molecular formula is C13H14N2S. The second kappa shape index (κ2) is 4.49. The molecule has 0 fully saturated rings. The van der Waals surface area contributed by atoms with E-state index < -0.39 is 0 Å². The lowest BCUT2D eigenvalue weighted by Gasteiger charge is -2.09. The van der Waals surface area contributed by atoms with Crippen LogP contribution in [0.4, 0.5) is 11.4 Å². The molecule has 0 atom stereocenters. The first-order valence-corrected chi connectivity index (χ1v) is 6.22. The molecule has 0 saturated heterocycles. The van der Waals surface area contributed by atoms with Crippen molar-refractivity contribution in [3.8, 4) is 11.1 Å². The van der Waals surface area contributed by atoms with Gasteiger partial charge in [0.1, 0.15) is 0 Å². The summed E-state index contributed by atoms with van der Waals surface area (Å²) >= 11 is 1.69. The standard InChI is InChI=1S/C13H14N2S/c1-16-13-8-11(15)5-6-12(13)9-3-2-4-10(14)7-9/h2-8H,14-15H2,1H3. The molecule has 0 aliphatic heterocycles. The number of hydrogen-bond acceptors (Lipinski definition) is 3.